The second-order valence-electron chi connectivity index (χ2n) is 2.99. The van der Waals surface area contributed by atoms with Gasteiger partial charge < -0.3 is 10.8 Å². The van der Waals surface area contributed by atoms with Gasteiger partial charge in [-0.05, 0) is 11.8 Å². The summed E-state index contributed by atoms with van der Waals surface area (Å²) in [4.78, 5) is 10.0. The zero-order valence-corrected chi connectivity index (χ0v) is 11.6. The van der Waals surface area contributed by atoms with Gasteiger partial charge in [-0.3, -0.25) is 10.1 Å². The van der Waals surface area contributed by atoms with Crippen LogP contribution in [-0.2, 0) is 0 Å². The van der Waals surface area contributed by atoms with Crippen molar-refractivity contribution in [2.45, 2.75) is 0 Å². The summed E-state index contributed by atoms with van der Waals surface area (Å²) in [5.74, 6) is -0.401. The molecule has 0 heterocycles. The fraction of sp³-hybridized carbons (Fsp3) is 0.111. The van der Waals surface area contributed by atoms with Crippen LogP contribution in [0.4, 0.5) is 5.69 Å². The highest BCUT2D eigenvalue weighted by atomic mass is 79.9. The lowest BCUT2D eigenvalue weighted by Crippen LogP contribution is -2.04. The number of hydrogen-bond donors (Lipinski definition) is 1. The van der Waals surface area contributed by atoms with Crippen LogP contribution in [0.5, 0.6) is 5.75 Å². The Balaban J connectivity index is 3.12. The number of halogens is 1. The molecule has 1 aromatic rings. The number of nitrogens with zero attached hydrogens (tertiary/aromatic N) is 3. The van der Waals surface area contributed by atoms with Crippen LogP contribution in [0, 0.1) is 10.1 Å². The third-order valence-electron chi connectivity index (χ3n) is 1.83. The Hall–Kier alpha value is -1.61. The minimum atomic E-state index is -0.596. The molecule has 0 spiro atoms. The van der Waals surface area contributed by atoms with Crippen molar-refractivity contribution in [2.24, 2.45) is 15.9 Å². The first kappa shape index (κ1) is 14.5. The molecule has 0 amide bonds. The number of nitro benzene ring substituents is 1. The van der Waals surface area contributed by atoms with E-state index in [2.05, 4.69) is 26.1 Å². The molecule has 0 fully saturated rings. The van der Waals surface area contributed by atoms with Gasteiger partial charge >= 0.3 is 0 Å². The lowest BCUT2D eigenvalue weighted by atomic mass is 10.2. The fourth-order valence-corrected chi connectivity index (χ4v) is 1.58. The number of nitro groups is 1. The molecule has 0 saturated carbocycles. The average molecular weight is 332 g/mol. The van der Waals surface area contributed by atoms with Crippen molar-refractivity contribution >= 4 is 44.8 Å². The molecule has 0 saturated heterocycles. The Kier molecular flexibility index (Phi) is 5.10. The summed E-state index contributed by atoms with van der Waals surface area (Å²) in [7, 11) is 0. The summed E-state index contributed by atoms with van der Waals surface area (Å²) in [6, 6.07) is 2.26. The van der Waals surface area contributed by atoms with Crippen LogP contribution in [0.2, 0.25) is 0 Å². The van der Waals surface area contributed by atoms with Crippen molar-refractivity contribution in [1.29, 1.82) is 0 Å². The maximum Gasteiger partial charge on any atom is 0.271 e. The Morgan fingerprint density at radius 1 is 1.61 bits per heavy atom. The average Bonchev–Trinajstić information content (AvgIpc) is 2.33. The summed E-state index contributed by atoms with van der Waals surface area (Å²) in [5, 5.41) is 29.7. The lowest BCUT2D eigenvalue weighted by molar-refractivity contribution is -0.385. The van der Waals surface area contributed by atoms with Gasteiger partial charge in [0.1, 0.15) is 0 Å². The predicted molar refractivity (Wildman–Crippen MR) is 73.0 cm³/mol. The zero-order valence-electron chi connectivity index (χ0n) is 9.16. The van der Waals surface area contributed by atoms with Crippen LogP contribution in [-0.4, -0.2) is 22.6 Å². The van der Waals surface area contributed by atoms with Crippen molar-refractivity contribution < 1.29 is 10.0 Å². The molecule has 0 unspecified atom stereocenters. The van der Waals surface area contributed by atoms with E-state index in [1.54, 1.807) is 6.26 Å². The molecule has 18 heavy (non-hydrogen) atoms. The molecule has 0 bridgehead atoms. The normalized spacial score (nSPS) is 12.0. The Morgan fingerprint density at radius 3 is 2.83 bits per heavy atom. The van der Waals surface area contributed by atoms with Crippen molar-refractivity contribution in [2.75, 3.05) is 6.26 Å². The van der Waals surface area contributed by atoms with Gasteiger partial charge in [-0.25, -0.2) is 0 Å². The molecular weight excluding hydrogens is 324 g/mol. The Morgan fingerprint density at radius 2 is 2.28 bits per heavy atom. The molecule has 2 N–H and O–H groups in total. The molecule has 0 radical (unpaired) electrons. The SMILES string of the molecule is CS/C(N)=N/N=C\c1cc([N+](=O)[O-])cc(Br)c1[O-]. The van der Waals surface area contributed by atoms with Gasteiger partial charge in [0.2, 0.25) is 0 Å². The summed E-state index contributed by atoms with van der Waals surface area (Å²) >= 11 is 4.15. The Bertz CT molecular complexity index is 533. The molecule has 0 atom stereocenters. The van der Waals surface area contributed by atoms with Crippen LogP contribution in [0.15, 0.2) is 26.8 Å². The standard InChI is InChI=1S/C9H9BrN4O3S/c1-18-9(11)13-12-4-5-2-6(14(16)17)3-7(10)8(5)15/h2-4,15H,1H3,(H2,11,13)/p-1/b12-4-. The maximum absolute atomic E-state index is 11.6. The quantitative estimate of drug-likeness (QED) is 0.389. The number of hydrogen-bond acceptors (Lipinski definition) is 6. The number of nitrogens with two attached hydrogens (primary N) is 1. The molecule has 96 valence electrons. The summed E-state index contributed by atoms with van der Waals surface area (Å²) < 4.78 is 0.0972. The highest BCUT2D eigenvalue weighted by Gasteiger charge is 2.09. The first-order chi connectivity index (χ1) is 8.45. The van der Waals surface area contributed by atoms with Gasteiger partial charge in [0.05, 0.1) is 11.1 Å². The van der Waals surface area contributed by atoms with Gasteiger partial charge in [-0.15, -0.1) is 5.10 Å². The highest BCUT2D eigenvalue weighted by molar-refractivity contribution is 9.10. The van der Waals surface area contributed by atoms with Crippen molar-refractivity contribution in [3.05, 3.63) is 32.3 Å². The zero-order chi connectivity index (χ0) is 13.7. The van der Waals surface area contributed by atoms with Crippen molar-refractivity contribution in [1.82, 2.24) is 0 Å². The highest BCUT2D eigenvalue weighted by Crippen LogP contribution is 2.29. The first-order valence-corrected chi connectivity index (χ1v) is 6.53. The number of amidine groups is 1. The van der Waals surface area contributed by atoms with E-state index in [9.17, 15) is 15.2 Å². The Labute approximate surface area is 115 Å². The van der Waals surface area contributed by atoms with E-state index < -0.39 is 10.7 Å². The van der Waals surface area contributed by atoms with E-state index in [0.717, 1.165) is 18.3 Å². The third-order valence-corrected chi connectivity index (χ3v) is 2.92. The van der Waals surface area contributed by atoms with Crippen molar-refractivity contribution in [3.63, 3.8) is 0 Å². The van der Waals surface area contributed by atoms with Crippen LogP contribution >= 0.6 is 27.7 Å². The molecule has 0 aliphatic carbocycles. The van der Waals surface area contributed by atoms with Gasteiger partial charge in [-0.1, -0.05) is 33.4 Å². The minimum absolute atomic E-state index is 0.0636. The van der Waals surface area contributed by atoms with E-state index >= 15 is 0 Å². The summed E-state index contributed by atoms with van der Waals surface area (Å²) in [6.07, 6.45) is 2.85. The summed E-state index contributed by atoms with van der Waals surface area (Å²) in [6.45, 7) is 0. The monoisotopic (exact) mass is 331 g/mol. The first-order valence-electron chi connectivity index (χ1n) is 4.51. The van der Waals surface area contributed by atoms with Gasteiger partial charge in [0, 0.05) is 16.6 Å². The lowest BCUT2D eigenvalue weighted by Gasteiger charge is -2.11. The van der Waals surface area contributed by atoms with E-state index in [1.165, 1.54) is 11.8 Å². The van der Waals surface area contributed by atoms with E-state index in [1.807, 2.05) is 0 Å². The van der Waals surface area contributed by atoms with Crippen LogP contribution in [0.25, 0.3) is 0 Å². The molecule has 0 aliphatic rings. The maximum atomic E-state index is 11.6. The predicted octanol–water partition coefficient (Wildman–Crippen LogP) is 1.44. The van der Waals surface area contributed by atoms with E-state index in [-0.39, 0.29) is 20.9 Å². The topological polar surface area (TPSA) is 117 Å². The fourth-order valence-electron chi connectivity index (χ4n) is 0.990. The van der Waals surface area contributed by atoms with Crippen molar-refractivity contribution in [3.8, 4) is 5.75 Å². The second-order valence-corrected chi connectivity index (χ2v) is 4.67. The number of non-ortho nitro benzene ring substituents is 1. The number of thioether (sulfide) groups is 1. The van der Waals surface area contributed by atoms with Crippen LogP contribution < -0.4 is 10.8 Å². The second kappa shape index (κ2) is 6.36. The summed E-state index contributed by atoms with van der Waals surface area (Å²) in [5.41, 5.74) is 5.25. The minimum Gasteiger partial charge on any atom is -0.871 e. The van der Waals surface area contributed by atoms with Crippen LogP contribution in [0.3, 0.4) is 0 Å². The molecule has 9 heteroatoms. The number of rotatable bonds is 3. The molecule has 0 aromatic heterocycles. The van der Waals surface area contributed by atoms with Gasteiger partial charge in [0.15, 0.2) is 5.17 Å². The molecule has 1 aromatic carbocycles. The molecule has 7 nitrogen and oxygen atoms in total. The van der Waals surface area contributed by atoms with E-state index in [4.69, 9.17) is 5.73 Å². The van der Waals surface area contributed by atoms with Gasteiger partial charge in [-0.2, -0.15) is 5.10 Å². The third kappa shape index (κ3) is 3.70. The smallest absolute Gasteiger partial charge is 0.271 e. The largest absolute Gasteiger partial charge is 0.871 e. The van der Waals surface area contributed by atoms with Crippen LogP contribution in [0.1, 0.15) is 5.56 Å². The number of benzene rings is 1. The molecule has 1 rings (SSSR count). The molecule has 0 aliphatic heterocycles. The van der Waals surface area contributed by atoms with Gasteiger partial charge in [0.25, 0.3) is 5.69 Å². The van der Waals surface area contributed by atoms with E-state index in [0.29, 0.717) is 0 Å². The molecular formula is C9H8BrN4O3S-.